The summed E-state index contributed by atoms with van der Waals surface area (Å²) >= 11 is 0. The molecule has 0 saturated carbocycles. The monoisotopic (exact) mass is 406 g/mol. The quantitative estimate of drug-likeness (QED) is 0.676. The van der Waals surface area contributed by atoms with Gasteiger partial charge in [-0.25, -0.2) is 4.98 Å². The maximum absolute atomic E-state index is 13.4. The van der Waals surface area contributed by atoms with E-state index in [1.807, 2.05) is 5.32 Å². The number of pyridine rings is 1. The Morgan fingerprint density at radius 3 is 2.41 bits per heavy atom. The minimum Gasteiger partial charge on any atom is -0.493 e. The number of hydrogen-bond donors (Lipinski definition) is 1. The van der Waals surface area contributed by atoms with Crippen LogP contribution in [0.1, 0.15) is 22.1 Å². The molecule has 29 heavy (non-hydrogen) atoms. The number of rotatable bonds is 6. The van der Waals surface area contributed by atoms with E-state index in [-0.39, 0.29) is 11.3 Å². The van der Waals surface area contributed by atoms with Crippen LogP contribution in [0, 0.1) is 0 Å². The number of alkyl halides is 3. The third kappa shape index (κ3) is 4.84. The fraction of sp³-hybridized carbons (Fsp3) is 0.211. The van der Waals surface area contributed by atoms with E-state index >= 15 is 0 Å². The SMILES string of the molecule is COc1ccccc1Oc1ccc(C(=O)NC(c2cnn(C)c2)C(F)(F)F)nc1. The van der Waals surface area contributed by atoms with Gasteiger partial charge in [0.2, 0.25) is 0 Å². The van der Waals surface area contributed by atoms with E-state index in [1.165, 1.54) is 43.4 Å². The highest BCUT2D eigenvalue weighted by molar-refractivity contribution is 5.92. The van der Waals surface area contributed by atoms with Crippen LogP contribution >= 0.6 is 0 Å². The summed E-state index contributed by atoms with van der Waals surface area (Å²) in [6.07, 6.45) is -1.20. The zero-order valence-electron chi connectivity index (χ0n) is 15.5. The van der Waals surface area contributed by atoms with Gasteiger partial charge < -0.3 is 14.8 Å². The number of halogens is 3. The Hall–Kier alpha value is -3.56. The van der Waals surface area contributed by atoms with Crippen molar-refractivity contribution in [3.63, 3.8) is 0 Å². The highest BCUT2D eigenvalue weighted by Crippen LogP contribution is 2.33. The number of aryl methyl sites for hydroxylation is 1. The number of nitrogens with zero attached hydrogens (tertiary/aromatic N) is 3. The summed E-state index contributed by atoms with van der Waals surface area (Å²) in [6.45, 7) is 0. The Kier molecular flexibility index (Phi) is 5.71. The molecule has 3 aromatic rings. The van der Waals surface area contributed by atoms with E-state index in [0.29, 0.717) is 17.2 Å². The first-order valence-corrected chi connectivity index (χ1v) is 8.41. The maximum atomic E-state index is 13.4. The van der Waals surface area contributed by atoms with Gasteiger partial charge in [0.1, 0.15) is 11.4 Å². The molecule has 0 aliphatic heterocycles. The number of ether oxygens (including phenoxy) is 2. The van der Waals surface area contributed by atoms with Crippen LogP contribution < -0.4 is 14.8 Å². The second kappa shape index (κ2) is 8.21. The molecular weight excluding hydrogens is 389 g/mol. The van der Waals surface area contributed by atoms with Gasteiger partial charge in [-0.3, -0.25) is 9.48 Å². The molecule has 1 N–H and O–H groups in total. The second-order valence-corrected chi connectivity index (χ2v) is 6.03. The smallest absolute Gasteiger partial charge is 0.413 e. The fourth-order valence-corrected chi connectivity index (χ4v) is 2.55. The van der Waals surface area contributed by atoms with Crippen molar-refractivity contribution in [2.75, 3.05) is 7.11 Å². The Morgan fingerprint density at radius 2 is 1.86 bits per heavy atom. The molecule has 3 rings (SSSR count). The van der Waals surface area contributed by atoms with Crippen LogP contribution in [0.25, 0.3) is 0 Å². The van der Waals surface area contributed by atoms with Gasteiger partial charge >= 0.3 is 6.18 Å². The van der Waals surface area contributed by atoms with Gasteiger partial charge in [-0.15, -0.1) is 0 Å². The number of amides is 1. The first kappa shape index (κ1) is 20.2. The molecule has 7 nitrogen and oxygen atoms in total. The highest BCUT2D eigenvalue weighted by Gasteiger charge is 2.42. The van der Waals surface area contributed by atoms with Crippen LogP contribution in [0.15, 0.2) is 55.0 Å². The van der Waals surface area contributed by atoms with Crippen molar-refractivity contribution >= 4 is 5.91 Å². The molecule has 0 aliphatic carbocycles. The molecule has 2 heterocycles. The number of para-hydroxylation sites is 2. The lowest BCUT2D eigenvalue weighted by molar-refractivity contribution is -0.155. The van der Waals surface area contributed by atoms with Crippen molar-refractivity contribution in [2.24, 2.45) is 7.05 Å². The van der Waals surface area contributed by atoms with Crippen molar-refractivity contribution in [3.8, 4) is 17.2 Å². The van der Waals surface area contributed by atoms with E-state index < -0.39 is 18.1 Å². The summed E-state index contributed by atoms with van der Waals surface area (Å²) in [5.41, 5.74) is -0.361. The number of hydrogen-bond acceptors (Lipinski definition) is 5. The average molecular weight is 406 g/mol. The Bertz CT molecular complexity index is 987. The molecule has 1 atom stereocenters. The predicted molar refractivity (Wildman–Crippen MR) is 96.8 cm³/mol. The summed E-state index contributed by atoms with van der Waals surface area (Å²) in [6, 6.07) is 7.42. The number of methoxy groups -OCH3 is 1. The molecular formula is C19H17F3N4O3. The van der Waals surface area contributed by atoms with E-state index in [9.17, 15) is 18.0 Å². The Morgan fingerprint density at radius 1 is 1.14 bits per heavy atom. The minimum absolute atomic E-state index is 0.176. The van der Waals surface area contributed by atoms with Crippen LogP contribution in [0.2, 0.25) is 0 Å². The standard InChI is InChI=1S/C19H17F3N4O3/c1-26-11-12(9-24-26)17(19(20,21)22)25-18(27)14-8-7-13(10-23-14)29-16-6-4-3-5-15(16)28-2/h3-11,17H,1-2H3,(H,25,27). The highest BCUT2D eigenvalue weighted by atomic mass is 19.4. The summed E-state index contributed by atoms with van der Waals surface area (Å²) in [4.78, 5) is 16.2. The van der Waals surface area contributed by atoms with Gasteiger partial charge in [0.25, 0.3) is 5.91 Å². The van der Waals surface area contributed by atoms with Crippen LogP contribution in [0.4, 0.5) is 13.2 Å². The summed E-state index contributed by atoms with van der Waals surface area (Å²) in [5, 5.41) is 5.67. The topological polar surface area (TPSA) is 78.3 Å². The van der Waals surface area contributed by atoms with Gasteiger partial charge in [0.15, 0.2) is 17.5 Å². The summed E-state index contributed by atoms with van der Waals surface area (Å²) in [5.74, 6) is 0.257. The van der Waals surface area contributed by atoms with E-state index in [4.69, 9.17) is 9.47 Å². The zero-order valence-corrected chi connectivity index (χ0v) is 15.5. The molecule has 1 unspecified atom stereocenters. The number of aromatic nitrogens is 3. The number of benzene rings is 1. The normalized spacial score (nSPS) is 12.3. The largest absolute Gasteiger partial charge is 0.493 e. The molecule has 0 saturated heterocycles. The molecule has 152 valence electrons. The van der Waals surface area contributed by atoms with Gasteiger partial charge in [0, 0.05) is 18.8 Å². The zero-order chi connectivity index (χ0) is 21.0. The third-order valence-electron chi connectivity index (χ3n) is 3.93. The van der Waals surface area contributed by atoms with E-state index in [1.54, 1.807) is 24.3 Å². The van der Waals surface area contributed by atoms with Crippen LogP contribution in [0.5, 0.6) is 17.2 Å². The van der Waals surface area contributed by atoms with Gasteiger partial charge in [-0.1, -0.05) is 12.1 Å². The Labute approximate surface area is 164 Å². The summed E-state index contributed by atoms with van der Waals surface area (Å²) in [7, 11) is 2.98. The molecule has 0 spiro atoms. The van der Waals surface area contributed by atoms with E-state index in [0.717, 1.165) is 6.20 Å². The van der Waals surface area contributed by atoms with Crippen molar-refractivity contribution in [1.82, 2.24) is 20.1 Å². The van der Waals surface area contributed by atoms with Crippen LogP contribution in [-0.4, -0.2) is 34.0 Å². The van der Waals surface area contributed by atoms with Crippen molar-refractivity contribution in [3.05, 3.63) is 66.2 Å². The molecule has 0 fully saturated rings. The second-order valence-electron chi connectivity index (χ2n) is 6.03. The first-order valence-electron chi connectivity index (χ1n) is 8.41. The molecule has 0 bridgehead atoms. The van der Waals surface area contributed by atoms with Crippen LogP contribution in [0.3, 0.4) is 0 Å². The molecule has 1 amide bonds. The molecule has 1 aromatic carbocycles. The third-order valence-corrected chi connectivity index (χ3v) is 3.93. The number of nitrogens with one attached hydrogen (secondary N) is 1. The lowest BCUT2D eigenvalue weighted by atomic mass is 10.1. The maximum Gasteiger partial charge on any atom is 0.413 e. The van der Waals surface area contributed by atoms with Gasteiger partial charge in [0.05, 0.1) is 19.5 Å². The molecule has 10 heteroatoms. The predicted octanol–water partition coefficient (Wildman–Crippen LogP) is 3.65. The molecule has 2 aromatic heterocycles. The van der Waals surface area contributed by atoms with Crippen molar-refractivity contribution in [2.45, 2.75) is 12.2 Å². The van der Waals surface area contributed by atoms with Gasteiger partial charge in [-0.2, -0.15) is 18.3 Å². The average Bonchev–Trinajstić information content (AvgIpc) is 3.11. The fourth-order valence-electron chi connectivity index (χ4n) is 2.55. The van der Waals surface area contributed by atoms with Crippen LogP contribution in [-0.2, 0) is 7.05 Å². The van der Waals surface area contributed by atoms with Crippen molar-refractivity contribution in [1.29, 1.82) is 0 Å². The van der Waals surface area contributed by atoms with Gasteiger partial charge in [-0.05, 0) is 24.3 Å². The first-order chi connectivity index (χ1) is 13.8. The molecule has 0 radical (unpaired) electrons. The van der Waals surface area contributed by atoms with Crippen molar-refractivity contribution < 1.29 is 27.4 Å². The summed E-state index contributed by atoms with van der Waals surface area (Å²) < 4.78 is 52.1. The lowest BCUT2D eigenvalue weighted by Crippen LogP contribution is -2.38. The number of carbonyl (C=O) groups is 1. The molecule has 0 aliphatic rings. The number of carbonyl (C=O) groups excluding carboxylic acids is 1. The minimum atomic E-state index is -4.69. The Balaban J connectivity index is 1.74. The lowest BCUT2D eigenvalue weighted by Gasteiger charge is -2.20. The van der Waals surface area contributed by atoms with E-state index in [2.05, 4.69) is 10.1 Å².